The van der Waals surface area contributed by atoms with E-state index in [1.807, 2.05) is 5.32 Å². The molecule has 0 rings (SSSR count). The molecule has 3 N–H and O–H groups in total. The summed E-state index contributed by atoms with van der Waals surface area (Å²) < 4.78 is 11.6. The Hall–Kier alpha value is -1.44. The van der Waals surface area contributed by atoms with Gasteiger partial charge in [0.2, 0.25) is 5.91 Å². The van der Waals surface area contributed by atoms with E-state index in [9.17, 15) is 18.6 Å². The highest BCUT2D eigenvalue weighted by Crippen LogP contribution is 2.04. The van der Waals surface area contributed by atoms with E-state index in [4.69, 9.17) is 5.11 Å². The Labute approximate surface area is 101 Å². The van der Waals surface area contributed by atoms with E-state index in [1.54, 1.807) is 6.92 Å². The van der Waals surface area contributed by atoms with Crippen LogP contribution >= 0.6 is 0 Å². The molecule has 0 saturated carbocycles. The van der Waals surface area contributed by atoms with Crippen molar-refractivity contribution < 1.29 is 23.7 Å². The van der Waals surface area contributed by atoms with Crippen molar-refractivity contribution in [2.75, 3.05) is 6.54 Å². The van der Waals surface area contributed by atoms with Gasteiger partial charge in [-0.05, 0) is 20.8 Å². The van der Waals surface area contributed by atoms with Crippen molar-refractivity contribution in [3.8, 4) is 0 Å². The average Bonchev–Trinajstić information content (AvgIpc) is 2.25. The maximum absolute atomic E-state index is 11.6. The smallest absolute Gasteiger partial charge is 0.321 e. The third kappa shape index (κ3) is 4.94. The van der Waals surface area contributed by atoms with E-state index < -0.39 is 39.2 Å². The minimum Gasteiger partial charge on any atom is -0.480 e. The van der Waals surface area contributed by atoms with Crippen molar-refractivity contribution in [2.24, 2.45) is 0 Å². The maximum atomic E-state index is 11.6. The predicted molar refractivity (Wildman–Crippen MR) is 61.9 cm³/mol. The van der Waals surface area contributed by atoms with E-state index in [0.29, 0.717) is 6.54 Å². The van der Waals surface area contributed by atoms with Crippen molar-refractivity contribution >= 4 is 28.7 Å². The minimum atomic E-state index is -1.88. The molecule has 3 amide bonds. The number of carbonyl (C=O) groups is 3. The first-order valence-corrected chi connectivity index (χ1v) is 6.29. The molecule has 0 aliphatic heterocycles. The molecule has 98 valence electrons. The lowest BCUT2D eigenvalue weighted by Crippen LogP contribution is -2.46. The Morgan fingerprint density at radius 2 is 1.76 bits per heavy atom. The van der Waals surface area contributed by atoms with Gasteiger partial charge in [-0.2, -0.15) is 0 Å². The summed E-state index contributed by atoms with van der Waals surface area (Å²) in [6.07, 6.45) is 0. The number of amides is 3. The molecule has 0 aliphatic rings. The number of urea groups is 1. The third-order valence-corrected chi connectivity index (χ3v) is 3.80. The Morgan fingerprint density at radius 3 is 2.18 bits per heavy atom. The fraction of sp³-hybridized carbons (Fsp3) is 0.667. The highest BCUT2D eigenvalue weighted by atomic mass is 32.2. The number of hydrogen-bond donors (Lipinski definition) is 3. The van der Waals surface area contributed by atoms with Crippen molar-refractivity contribution in [1.82, 2.24) is 10.6 Å². The van der Waals surface area contributed by atoms with Crippen LogP contribution in [0.4, 0.5) is 4.79 Å². The summed E-state index contributed by atoms with van der Waals surface area (Å²) in [5, 5.41) is 10.7. The normalized spacial score (nSPS) is 15.5. The van der Waals surface area contributed by atoms with E-state index in [0.717, 1.165) is 0 Å². The second kappa shape index (κ2) is 7.00. The van der Waals surface area contributed by atoms with Crippen LogP contribution in [0.2, 0.25) is 0 Å². The van der Waals surface area contributed by atoms with Crippen LogP contribution in [-0.4, -0.2) is 44.3 Å². The maximum Gasteiger partial charge on any atom is 0.321 e. The number of carboxylic acids is 1. The molecule has 0 radical (unpaired) electrons. The molecule has 0 bridgehead atoms. The van der Waals surface area contributed by atoms with Crippen LogP contribution in [0.3, 0.4) is 0 Å². The van der Waals surface area contributed by atoms with Gasteiger partial charge in [0.05, 0.1) is 0 Å². The number of imide groups is 1. The third-order valence-electron chi connectivity index (χ3n) is 1.99. The second-order valence-electron chi connectivity index (χ2n) is 3.30. The average molecular weight is 264 g/mol. The highest BCUT2D eigenvalue weighted by Gasteiger charge is 2.29. The molecule has 17 heavy (non-hydrogen) atoms. The van der Waals surface area contributed by atoms with Crippen molar-refractivity contribution in [1.29, 1.82) is 0 Å². The fourth-order valence-corrected chi connectivity index (χ4v) is 2.01. The van der Waals surface area contributed by atoms with Crippen LogP contribution in [0.5, 0.6) is 0 Å². The number of hydrogen-bond acceptors (Lipinski definition) is 4. The van der Waals surface area contributed by atoms with Gasteiger partial charge in [-0.25, -0.2) is 4.79 Å². The van der Waals surface area contributed by atoms with Crippen LogP contribution in [0.1, 0.15) is 20.8 Å². The second-order valence-corrected chi connectivity index (χ2v) is 5.37. The van der Waals surface area contributed by atoms with Crippen LogP contribution < -0.4 is 10.6 Å². The van der Waals surface area contributed by atoms with E-state index in [1.165, 1.54) is 13.8 Å². The first-order valence-electron chi connectivity index (χ1n) is 5.02. The van der Waals surface area contributed by atoms with Crippen molar-refractivity contribution in [2.45, 2.75) is 31.3 Å². The van der Waals surface area contributed by atoms with Crippen LogP contribution in [0, 0.1) is 0 Å². The van der Waals surface area contributed by atoms with E-state index in [2.05, 4.69) is 5.32 Å². The molecule has 3 atom stereocenters. The van der Waals surface area contributed by atoms with Crippen molar-refractivity contribution in [3.63, 3.8) is 0 Å². The molecule has 0 heterocycles. The number of rotatable bonds is 5. The molecule has 3 unspecified atom stereocenters. The summed E-state index contributed by atoms with van der Waals surface area (Å²) in [6.45, 7) is 4.58. The summed E-state index contributed by atoms with van der Waals surface area (Å²) in [4.78, 5) is 33.1. The van der Waals surface area contributed by atoms with Gasteiger partial charge in [-0.3, -0.25) is 19.1 Å². The number of aliphatic carboxylic acids is 1. The fourth-order valence-electron chi connectivity index (χ4n) is 0.929. The number of nitrogens with one attached hydrogen (secondary N) is 2. The summed E-state index contributed by atoms with van der Waals surface area (Å²) >= 11 is 0. The molecular weight excluding hydrogens is 248 g/mol. The SMILES string of the molecule is CCNC(=O)NC(=O)C(C)S(=O)C(C)C(=O)O. The van der Waals surface area contributed by atoms with E-state index in [-0.39, 0.29) is 0 Å². The quantitative estimate of drug-likeness (QED) is 0.616. The summed E-state index contributed by atoms with van der Waals surface area (Å²) in [5.74, 6) is -2.01. The Kier molecular flexibility index (Phi) is 6.40. The standard InChI is InChI=1S/C9H16N2O5S/c1-4-10-9(15)11-7(12)5(2)17(16)6(3)8(13)14/h5-6H,4H2,1-3H3,(H,13,14)(H2,10,11,12,15). The van der Waals surface area contributed by atoms with Crippen LogP contribution in [0.25, 0.3) is 0 Å². The molecule has 7 nitrogen and oxygen atoms in total. The Balaban J connectivity index is 4.45. The zero-order valence-electron chi connectivity index (χ0n) is 9.85. The van der Waals surface area contributed by atoms with Gasteiger partial charge in [-0.15, -0.1) is 0 Å². The predicted octanol–water partition coefficient (Wildman–Crippen LogP) is -0.558. The zero-order chi connectivity index (χ0) is 13.6. The van der Waals surface area contributed by atoms with Crippen molar-refractivity contribution in [3.05, 3.63) is 0 Å². The molecule has 0 aliphatic carbocycles. The van der Waals surface area contributed by atoms with Gasteiger partial charge < -0.3 is 10.4 Å². The zero-order valence-corrected chi connectivity index (χ0v) is 10.7. The summed E-state index contributed by atoms with van der Waals surface area (Å²) in [6, 6.07) is -0.690. The van der Waals surface area contributed by atoms with Crippen LogP contribution in [-0.2, 0) is 20.4 Å². The topological polar surface area (TPSA) is 113 Å². The van der Waals surface area contributed by atoms with Gasteiger partial charge in [-0.1, -0.05) is 0 Å². The van der Waals surface area contributed by atoms with Gasteiger partial charge in [0.1, 0.15) is 10.5 Å². The number of carboxylic acid groups (broad SMARTS) is 1. The molecule has 0 aromatic carbocycles. The first kappa shape index (κ1) is 15.6. The molecule has 0 aromatic heterocycles. The van der Waals surface area contributed by atoms with Gasteiger partial charge in [0.25, 0.3) is 0 Å². The minimum absolute atomic E-state index is 0.349. The van der Waals surface area contributed by atoms with E-state index >= 15 is 0 Å². The van der Waals surface area contributed by atoms with Gasteiger partial charge in [0, 0.05) is 17.3 Å². The monoisotopic (exact) mass is 264 g/mol. The summed E-state index contributed by atoms with van der Waals surface area (Å²) in [5.41, 5.74) is 0. The lowest BCUT2D eigenvalue weighted by molar-refractivity contribution is -0.136. The van der Waals surface area contributed by atoms with Crippen LogP contribution in [0.15, 0.2) is 0 Å². The lowest BCUT2D eigenvalue weighted by atomic mass is 10.4. The van der Waals surface area contributed by atoms with Gasteiger partial charge in [0.15, 0.2) is 0 Å². The molecule has 0 saturated heterocycles. The summed E-state index contributed by atoms with van der Waals surface area (Å²) in [7, 11) is -1.88. The Bertz CT molecular complexity index is 344. The molecule has 0 aromatic rings. The molecule has 0 spiro atoms. The first-order chi connectivity index (χ1) is 7.81. The molecule has 0 fully saturated rings. The van der Waals surface area contributed by atoms with Gasteiger partial charge >= 0.3 is 12.0 Å². The molecule has 8 heteroatoms. The highest BCUT2D eigenvalue weighted by molar-refractivity contribution is 7.87. The molecular formula is C9H16N2O5S. The lowest BCUT2D eigenvalue weighted by Gasteiger charge is -2.13. The number of carbonyl (C=O) groups excluding carboxylic acids is 2. The Morgan fingerprint density at radius 1 is 1.24 bits per heavy atom. The largest absolute Gasteiger partial charge is 0.480 e.